The number of carbonyl (C=O) groups excluding carboxylic acids is 1. The summed E-state index contributed by atoms with van der Waals surface area (Å²) in [6, 6.07) is 4.06. The standard InChI is InChI=1S/C15H24N4O2/c1-12(16)2-5-15(20)18-11-13-3-4-14(17-10-13)19-6-8-21-9-7-19/h3-4,10,12H,2,5-9,11,16H2,1H3,(H,18,20). The molecule has 2 heterocycles. The van der Waals surface area contributed by atoms with Gasteiger partial charge in [-0.3, -0.25) is 4.79 Å². The molecule has 1 aliphatic rings. The zero-order valence-electron chi connectivity index (χ0n) is 12.5. The third-order valence-corrected chi connectivity index (χ3v) is 3.46. The first-order valence-electron chi connectivity index (χ1n) is 7.45. The number of hydrogen-bond donors (Lipinski definition) is 2. The maximum Gasteiger partial charge on any atom is 0.220 e. The molecule has 0 aromatic carbocycles. The van der Waals surface area contributed by atoms with Gasteiger partial charge in [0.25, 0.3) is 0 Å². The summed E-state index contributed by atoms with van der Waals surface area (Å²) < 4.78 is 5.32. The van der Waals surface area contributed by atoms with Gasteiger partial charge in [-0.15, -0.1) is 0 Å². The molecule has 1 aromatic heterocycles. The average molecular weight is 292 g/mol. The van der Waals surface area contributed by atoms with E-state index in [4.69, 9.17) is 10.5 Å². The molecule has 1 unspecified atom stereocenters. The summed E-state index contributed by atoms with van der Waals surface area (Å²) in [5, 5.41) is 2.89. The molecule has 1 saturated heterocycles. The lowest BCUT2D eigenvalue weighted by atomic mass is 10.2. The summed E-state index contributed by atoms with van der Waals surface area (Å²) in [6.07, 6.45) is 2.99. The van der Waals surface area contributed by atoms with E-state index in [2.05, 4.69) is 15.2 Å². The molecular formula is C15H24N4O2. The van der Waals surface area contributed by atoms with Crippen LogP contribution >= 0.6 is 0 Å². The summed E-state index contributed by atoms with van der Waals surface area (Å²) in [5.41, 5.74) is 6.63. The van der Waals surface area contributed by atoms with E-state index in [9.17, 15) is 4.79 Å². The predicted octanol–water partition coefficient (Wildman–Crippen LogP) is 0.662. The number of hydrogen-bond acceptors (Lipinski definition) is 5. The smallest absolute Gasteiger partial charge is 0.220 e. The van der Waals surface area contributed by atoms with E-state index < -0.39 is 0 Å². The van der Waals surface area contributed by atoms with Crippen molar-refractivity contribution in [2.24, 2.45) is 5.73 Å². The number of ether oxygens (including phenoxy) is 1. The van der Waals surface area contributed by atoms with Gasteiger partial charge in [-0.1, -0.05) is 6.07 Å². The fraction of sp³-hybridized carbons (Fsp3) is 0.600. The highest BCUT2D eigenvalue weighted by Gasteiger charge is 2.12. The molecule has 0 bridgehead atoms. The van der Waals surface area contributed by atoms with Crippen molar-refractivity contribution in [2.45, 2.75) is 32.4 Å². The Labute approximate surface area is 125 Å². The number of carbonyl (C=O) groups is 1. The van der Waals surface area contributed by atoms with Crippen molar-refractivity contribution in [1.82, 2.24) is 10.3 Å². The van der Waals surface area contributed by atoms with Gasteiger partial charge in [-0.2, -0.15) is 0 Å². The van der Waals surface area contributed by atoms with Crippen LogP contribution in [0.2, 0.25) is 0 Å². The quantitative estimate of drug-likeness (QED) is 0.805. The number of nitrogens with zero attached hydrogens (tertiary/aromatic N) is 2. The van der Waals surface area contributed by atoms with Gasteiger partial charge < -0.3 is 20.7 Å². The van der Waals surface area contributed by atoms with E-state index in [0.717, 1.165) is 37.7 Å². The Bertz CT molecular complexity index is 441. The Morgan fingerprint density at radius 3 is 2.86 bits per heavy atom. The molecule has 6 nitrogen and oxygen atoms in total. The zero-order chi connectivity index (χ0) is 15.1. The van der Waals surface area contributed by atoms with Gasteiger partial charge in [0.05, 0.1) is 13.2 Å². The summed E-state index contributed by atoms with van der Waals surface area (Å²) in [5.74, 6) is 0.995. The maximum atomic E-state index is 11.6. The van der Waals surface area contributed by atoms with Crippen LogP contribution in [0.15, 0.2) is 18.3 Å². The van der Waals surface area contributed by atoms with Crippen LogP contribution in [0.25, 0.3) is 0 Å². The minimum absolute atomic E-state index is 0.0320. The van der Waals surface area contributed by atoms with Gasteiger partial charge >= 0.3 is 0 Å². The Hall–Kier alpha value is -1.66. The van der Waals surface area contributed by atoms with Crippen molar-refractivity contribution in [2.75, 3.05) is 31.2 Å². The summed E-state index contributed by atoms with van der Waals surface area (Å²) in [4.78, 5) is 18.3. The molecule has 116 valence electrons. The van der Waals surface area contributed by atoms with E-state index in [1.54, 1.807) is 0 Å². The molecular weight excluding hydrogens is 268 g/mol. The molecule has 21 heavy (non-hydrogen) atoms. The molecule has 0 saturated carbocycles. The molecule has 0 spiro atoms. The molecule has 1 atom stereocenters. The van der Waals surface area contributed by atoms with Crippen molar-refractivity contribution in [1.29, 1.82) is 0 Å². The normalized spacial score (nSPS) is 16.6. The summed E-state index contributed by atoms with van der Waals surface area (Å²) in [6.45, 7) is 5.66. The highest BCUT2D eigenvalue weighted by atomic mass is 16.5. The monoisotopic (exact) mass is 292 g/mol. The van der Waals surface area contributed by atoms with Crippen molar-refractivity contribution >= 4 is 11.7 Å². The van der Waals surface area contributed by atoms with Gasteiger partial charge in [0.15, 0.2) is 0 Å². The Kier molecular flexibility index (Phi) is 5.95. The summed E-state index contributed by atoms with van der Waals surface area (Å²) >= 11 is 0. The molecule has 0 radical (unpaired) electrons. The van der Waals surface area contributed by atoms with Crippen LogP contribution in [0.1, 0.15) is 25.3 Å². The van der Waals surface area contributed by atoms with Crippen LogP contribution in [-0.4, -0.2) is 43.2 Å². The van der Waals surface area contributed by atoms with Crippen LogP contribution in [0.5, 0.6) is 0 Å². The highest BCUT2D eigenvalue weighted by molar-refractivity contribution is 5.75. The average Bonchev–Trinajstić information content (AvgIpc) is 2.52. The lowest BCUT2D eigenvalue weighted by Crippen LogP contribution is -2.36. The van der Waals surface area contributed by atoms with Gasteiger partial charge in [-0.25, -0.2) is 4.98 Å². The number of amides is 1. The van der Waals surface area contributed by atoms with Crippen molar-refractivity contribution in [3.8, 4) is 0 Å². The molecule has 1 fully saturated rings. The Morgan fingerprint density at radius 2 is 2.24 bits per heavy atom. The highest BCUT2D eigenvalue weighted by Crippen LogP contribution is 2.12. The molecule has 1 aliphatic heterocycles. The first-order valence-corrected chi connectivity index (χ1v) is 7.45. The van der Waals surface area contributed by atoms with Crippen LogP contribution in [0.4, 0.5) is 5.82 Å². The zero-order valence-corrected chi connectivity index (χ0v) is 12.5. The third kappa shape index (κ3) is 5.32. The molecule has 1 amide bonds. The Morgan fingerprint density at radius 1 is 1.48 bits per heavy atom. The van der Waals surface area contributed by atoms with Crippen molar-refractivity contribution in [3.05, 3.63) is 23.9 Å². The van der Waals surface area contributed by atoms with Crippen LogP contribution in [0.3, 0.4) is 0 Å². The number of aromatic nitrogens is 1. The summed E-state index contributed by atoms with van der Waals surface area (Å²) in [7, 11) is 0. The first-order chi connectivity index (χ1) is 10.1. The number of nitrogens with two attached hydrogens (primary N) is 1. The predicted molar refractivity (Wildman–Crippen MR) is 82.0 cm³/mol. The molecule has 2 rings (SSSR count). The lowest BCUT2D eigenvalue weighted by Gasteiger charge is -2.27. The van der Waals surface area contributed by atoms with Crippen LogP contribution in [0, 0.1) is 0 Å². The molecule has 3 N–H and O–H groups in total. The number of nitrogens with one attached hydrogen (secondary N) is 1. The van der Waals surface area contributed by atoms with E-state index in [1.165, 1.54) is 0 Å². The second-order valence-electron chi connectivity index (χ2n) is 5.42. The second-order valence-corrected chi connectivity index (χ2v) is 5.42. The SMILES string of the molecule is CC(N)CCC(=O)NCc1ccc(N2CCOCC2)nc1. The minimum Gasteiger partial charge on any atom is -0.378 e. The third-order valence-electron chi connectivity index (χ3n) is 3.46. The van der Waals surface area contributed by atoms with E-state index in [-0.39, 0.29) is 11.9 Å². The molecule has 0 aliphatic carbocycles. The van der Waals surface area contributed by atoms with Gasteiger partial charge in [-0.05, 0) is 25.0 Å². The van der Waals surface area contributed by atoms with E-state index in [1.807, 2.05) is 25.3 Å². The number of anilines is 1. The largest absolute Gasteiger partial charge is 0.378 e. The maximum absolute atomic E-state index is 11.6. The van der Waals surface area contributed by atoms with E-state index in [0.29, 0.717) is 19.4 Å². The minimum atomic E-state index is 0.0320. The van der Waals surface area contributed by atoms with Gasteiger partial charge in [0.2, 0.25) is 5.91 Å². The fourth-order valence-corrected chi connectivity index (χ4v) is 2.15. The van der Waals surface area contributed by atoms with E-state index >= 15 is 0 Å². The second kappa shape index (κ2) is 7.95. The topological polar surface area (TPSA) is 80.5 Å². The fourth-order valence-electron chi connectivity index (χ4n) is 2.15. The van der Waals surface area contributed by atoms with Crippen molar-refractivity contribution in [3.63, 3.8) is 0 Å². The van der Waals surface area contributed by atoms with Crippen LogP contribution in [-0.2, 0) is 16.1 Å². The van der Waals surface area contributed by atoms with Crippen LogP contribution < -0.4 is 16.0 Å². The van der Waals surface area contributed by atoms with Crippen molar-refractivity contribution < 1.29 is 9.53 Å². The first kappa shape index (κ1) is 15.7. The molecule has 6 heteroatoms. The molecule has 1 aromatic rings. The van der Waals surface area contributed by atoms with Gasteiger partial charge in [0, 0.05) is 38.3 Å². The number of rotatable bonds is 6. The van der Waals surface area contributed by atoms with Gasteiger partial charge in [0.1, 0.15) is 5.82 Å². The Balaban J connectivity index is 1.78. The number of morpholine rings is 1. The number of pyridine rings is 1. The lowest BCUT2D eigenvalue weighted by molar-refractivity contribution is -0.121.